The van der Waals surface area contributed by atoms with E-state index in [0.29, 0.717) is 24.8 Å². The Kier molecular flexibility index (Phi) is 3.80. The van der Waals surface area contributed by atoms with Crippen molar-refractivity contribution in [3.8, 4) is 0 Å². The first-order valence-corrected chi connectivity index (χ1v) is 8.47. The standard InChI is InChI=1S/C18H21N5O/c1-12(13-6-7-13)23-17(10-11-19-23)22-18(24)9-8-16-20-14-4-2-3-5-15(14)21-16/h2-5,10-13H,6-9H2,1H3,(H,20,21)(H,22,24). The second-order valence-corrected chi connectivity index (χ2v) is 6.49. The molecular formula is C18H21N5O. The quantitative estimate of drug-likeness (QED) is 0.731. The average Bonchev–Trinajstić information content (AvgIpc) is 3.19. The third-order valence-corrected chi connectivity index (χ3v) is 4.66. The second kappa shape index (κ2) is 6.11. The van der Waals surface area contributed by atoms with Crippen molar-refractivity contribution >= 4 is 22.8 Å². The van der Waals surface area contributed by atoms with E-state index in [4.69, 9.17) is 0 Å². The van der Waals surface area contributed by atoms with E-state index >= 15 is 0 Å². The number of rotatable bonds is 6. The maximum absolute atomic E-state index is 12.3. The molecule has 2 heterocycles. The summed E-state index contributed by atoms with van der Waals surface area (Å²) in [5.41, 5.74) is 1.94. The van der Waals surface area contributed by atoms with Crippen molar-refractivity contribution in [2.24, 2.45) is 5.92 Å². The van der Waals surface area contributed by atoms with Crippen LogP contribution >= 0.6 is 0 Å². The van der Waals surface area contributed by atoms with Gasteiger partial charge in [-0.3, -0.25) is 4.79 Å². The fourth-order valence-electron chi connectivity index (χ4n) is 3.08. The summed E-state index contributed by atoms with van der Waals surface area (Å²) >= 11 is 0. The van der Waals surface area contributed by atoms with Crippen LogP contribution in [0.5, 0.6) is 0 Å². The van der Waals surface area contributed by atoms with Gasteiger partial charge in [0.2, 0.25) is 5.91 Å². The lowest BCUT2D eigenvalue weighted by Gasteiger charge is -2.15. The molecule has 0 aliphatic heterocycles. The van der Waals surface area contributed by atoms with Crippen molar-refractivity contribution in [3.63, 3.8) is 0 Å². The third kappa shape index (κ3) is 3.04. The Balaban J connectivity index is 1.37. The summed E-state index contributed by atoms with van der Waals surface area (Å²) in [6, 6.07) is 10.1. The van der Waals surface area contributed by atoms with Gasteiger partial charge in [0.25, 0.3) is 0 Å². The molecule has 2 N–H and O–H groups in total. The van der Waals surface area contributed by atoms with Gasteiger partial charge in [-0.25, -0.2) is 9.67 Å². The number of fused-ring (bicyclic) bond motifs is 1. The molecule has 1 unspecified atom stereocenters. The number of nitrogens with zero attached hydrogens (tertiary/aromatic N) is 3. The number of hydrogen-bond donors (Lipinski definition) is 2. The SMILES string of the molecule is CC(C1CC1)n1nccc1NC(=O)CCc1nc2ccccc2[nH]1. The fraction of sp³-hybridized carbons (Fsp3) is 0.389. The Hall–Kier alpha value is -2.63. The van der Waals surface area contributed by atoms with E-state index in [1.54, 1.807) is 6.20 Å². The van der Waals surface area contributed by atoms with Crippen LogP contribution in [-0.2, 0) is 11.2 Å². The lowest BCUT2D eigenvalue weighted by atomic mass is 10.2. The summed E-state index contributed by atoms with van der Waals surface area (Å²) in [5, 5.41) is 7.34. The van der Waals surface area contributed by atoms with Crippen LogP contribution in [0.3, 0.4) is 0 Å². The Morgan fingerprint density at radius 1 is 1.38 bits per heavy atom. The van der Waals surface area contributed by atoms with Crippen LogP contribution in [0, 0.1) is 5.92 Å². The number of H-pyrrole nitrogens is 1. The number of nitrogens with one attached hydrogen (secondary N) is 2. The van der Waals surface area contributed by atoms with E-state index in [0.717, 1.165) is 22.7 Å². The Morgan fingerprint density at radius 3 is 3.00 bits per heavy atom. The molecule has 6 nitrogen and oxygen atoms in total. The average molecular weight is 323 g/mol. The van der Waals surface area contributed by atoms with Crippen molar-refractivity contribution in [3.05, 3.63) is 42.4 Å². The highest BCUT2D eigenvalue weighted by Gasteiger charge is 2.30. The van der Waals surface area contributed by atoms with Gasteiger partial charge < -0.3 is 10.3 Å². The van der Waals surface area contributed by atoms with Crippen molar-refractivity contribution in [2.45, 2.75) is 38.6 Å². The number of hydrogen-bond acceptors (Lipinski definition) is 3. The fourth-order valence-corrected chi connectivity index (χ4v) is 3.08. The van der Waals surface area contributed by atoms with Crippen molar-refractivity contribution in [1.82, 2.24) is 19.7 Å². The number of carbonyl (C=O) groups excluding carboxylic acids is 1. The number of anilines is 1. The summed E-state index contributed by atoms with van der Waals surface area (Å²) in [6.07, 6.45) is 5.23. The van der Waals surface area contributed by atoms with Crippen molar-refractivity contribution in [1.29, 1.82) is 0 Å². The van der Waals surface area contributed by atoms with Gasteiger partial charge in [0, 0.05) is 18.9 Å². The van der Waals surface area contributed by atoms with Crippen molar-refractivity contribution < 1.29 is 4.79 Å². The number of carbonyl (C=O) groups is 1. The van der Waals surface area contributed by atoms with E-state index in [-0.39, 0.29) is 5.91 Å². The van der Waals surface area contributed by atoms with Gasteiger partial charge in [-0.05, 0) is 37.8 Å². The molecule has 124 valence electrons. The van der Waals surface area contributed by atoms with Crippen molar-refractivity contribution in [2.75, 3.05) is 5.32 Å². The van der Waals surface area contributed by atoms with E-state index in [1.165, 1.54) is 12.8 Å². The zero-order valence-corrected chi connectivity index (χ0v) is 13.7. The highest BCUT2D eigenvalue weighted by molar-refractivity contribution is 5.90. The molecule has 0 radical (unpaired) electrons. The summed E-state index contributed by atoms with van der Waals surface area (Å²) in [4.78, 5) is 20.0. The minimum Gasteiger partial charge on any atom is -0.342 e. The van der Waals surface area contributed by atoms with Crippen LogP contribution in [-0.4, -0.2) is 25.7 Å². The Labute approximate surface area is 140 Å². The number of benzene rings is 1. The first-order valence-electron chi connectivity index (χ1n) is 8.47. The maximum Gasteiger partial charge on any atom is 0.225 e. The third-order valence-electron chi connectivity index (χ3n) is 4.66. The number of amides is 1. The Bertz CT molecular complexity index is 828. The van der Waals surface area contributed by atoms with Gasteiger partial charge in [0.05, 0.1) is 23.3 Å². The van der Waals surface area contributed by atoms with E-state index in [1.807, 2.05) is 35.0 Å². The smallest absolute Gasteiger partial charge is 0.225 e. The van der Waals surface area contributed by atoms with Crippen LogP contribution in [0.2, 0.25) is 0 Å². The molecule has 1 aliphatic carbocycles. The van der Waals surface area contributed by atoms with Crippen LogP contribution in [0.1, 0.15) is 38.1 Å². The van der Waals surface area contributed by atoms with Crippen LogP contribution < -0.4 is 5.32 Å². The minimum atomic E-state index is -0.0137. The number of imidazole rings is 1. The van der Waals surface area contributed by atoms with Crippen LogP contribution in [0.25, 0.3) is 11.0 Å². The summed E-state index contributed by atoms with van der Waals surface area (Å²) in [6.45, 7) is 2.16. The highest BCUT2D eigenvalue weighted by atomic mass is 16.1. The topological polar surface area (TPSA) is 75.6 Å². The molecule has 0 spiro atoms. The van der Waals surface area contributed by atoms with Gasteiger partial charge in [-0.2, -0.15) is 5.10 Å². The number of aryl methyl sites for hydroxylation is 1. The second-order valence-electron chi connectivity index (χ2n) is 6.49. The lowest BCUT2D eigenvalue weighted by molar-refractivity contribution is -0.116. The molecular weight excluding hydrogens is 302 g/mol. The predicted octanol–water partition coefficient (Wildman–Crippen LogP) is 3.30. The zero-order chi connectivity index (χ0) is 16.5. The molecule has 2 aromatic heterocycles. The van der Waals surface area contributed by atoms with Gasteiger partial charge in [-0.1, -0.05) is 12.1 Å². The van der Waals surface area contributed by atoms with E-state index < -0.39 is 0 Å². The normalized spacial score (nSPS) is 15.5. The van der Waals surface area contributed by atoms with E-state index in [2.05, 4.69) is 27.3 Å². The minimum absolute atomic E-state index is 0.0137. The van der Waals surface area contributed by atoms with Gasteiger partial charge >= 0.3 is 0 Å². The first-order chi connectivity index (χ1) is 11.7. The maximum atomic E-state index is 12.3. The summed E-state index contributed by atoms with van der Waals surface area (Å²) in [7, 11) is 0. The number of para-hydroxylation sites is 2. The van der Waals surface area contributed by atoms with E-state index in [9.17, 15) is 4.79 Å². The van der Waals surface area contributed by atoms with Gasteiger partial charge in [-0.15, -0.1) is 0 Å². The molecule has 1 saturated carbocycles. The molecule has 24 heavy (non-hydrogen) atoms. The molecule has 1 atom stereocenters. The molecule has 1 fully saturated rings. The lowest BCUT2D eigenvalue weighted by Crippen LogP contribution is -2.18. The summed E-state index contributed by atoms with van der Waals surface area (Å²) < 4.78 is 1.93. The molecule has 0 saturated heterocycles. The monoisotopic (exact) mass is 323 g/mol. The zero-order valence-electron chi connectivity index (χ0n) is 13.7. The molecule has 1 aliphatic rings. The Morgan fingerprint density at radius 2 is 2.21 bits per heavy atom. The first kappa shape index (κ1) is 14.9. The predicted molar refractivity (Wildman–Crippen MR) is 92.7 cm³/mol. The van der Waals surface area contributed by atoms with Crippen LogP contribution in [0.4, 0.5) is 5.82 Å². The van der Waals surface area contributed by atoms with Gasteiger partial charge in [0.15, 0.2) is 0 Å². The molecule has 1 aromatic carbocycles. The number of aromatic amines is 1. The molecule has 6 heteroatoms. The molecule has 3 aromatic rings. The molecule has 0 bridgehead atoms. The largest absolute Gasteiger partial charge is 0.342 e. The highest BCUT2D eigenvalue weighted by Crippen LogP contribution is 2.40. The molecule has 1 amide bonds. The number of aromatic nitrogens is 4. The van der Waals surface area contributed by atoms with Crippen LogP contribution in [0.15, 0.2) is 36.5 Å². The summed E-state index contributed by atoms with van der Waals surface area (Å²) in [5.74, 6) is 2.30. The molecule has 4 rings (SSSR count). The van der Waals surface area contributed by atoms with Gasteiger partial charge in [0.1, 0.15) is 11.6 Å².